The van der Waals surface area contributed by atoms with Gasteiger partial charge in [0.2, 0.25) is 0 Å². The van der Waals surface area contributed by atoms with Gasteiger partial charge >= 0.3 is 0 Å². The van der Waals surface area contributed by atoms with E-state index >= 15 is 0 Å². The first-order chi connectivity index (χ1) is 23.4. The van der Waals surface area contributed by atoms with E-state index in [1.807, 2.05) is 72.8 Å². The summed E-state index contributed by atoms with van der Waals surface area (Å²) in [4.78, 5) is 0. The van der Waals surface area contributed by atoms with E-state index in [2.05, 4.69) is 67.6 Å². The fraction of sp³-hybridized carbons (Fsp3) is 0.333. The topological polar surface area (TPSA) is 60.7 Å². The van der Waals surface area contributed by atoms with Gasteiger partial charge in [0.05, 0.1) is 0 Å². The molecule has 5 aromatic rings. The van der Waals surface area contributed by atoms with Crippen LogP contribution in [0.15, 0.2) is 133 Å². The van der Waals surface area contributed by atoms with E-state index in [4.69, 9.17) is 0 Å². The van der Waals surface area contributed by atoms with Gasteiger partial charge in [0.15, 0.2) is 0 Å². The molecule has 246 valence electrons. The molecule has 0 radical (unpaired) electrons. The summed E-state index contributed by atoms with van der Waals surface area (Å²) in [6, 6.07) is 44.8. The van der Waals surface area contributed by atoms with Gasteiger partial charge < -0.3 is 15.3 Å². The Labute approximate surface area is 286 Å². The van der Waals surface area contributed by atoms with Crippen molar-refractivity contribution in [3.8, 4) is 5.75 Å². The van der Waals surface area contributed by atoms with Gasteiger partial charge in [-0.25, -0.2) is 0 Å². The van der Waals surface area contributed by atoms with Crippen LogP contribution in [0.2, 0.25) is 0 Å². The first-order valence-corrected chi connectivity index (χ1v) is 17.9. The van der Waals surface area contributed by atoms with Crippen molar-refractivity contribution < 1.29 is 15.3 Å². The second-order valence-electron chi connectivity index (χ2n) is 14.4. The van der Waals surface area contributed by atoms with E-state index in [1.54, 1.807) is 0 Å². The monoisotopic (exact) mass is 636 g/mol. The Bertz CT molecular complexity index is 1580. The molecule has 7 rings (SSSR count). The Hall–Kier alpha value is -4.18. The maximum Gasteiger partial charge on any atom is 0.121 e. The van der Waals surface area contributed by atoms with Crippen molar-refractivity contribution in [1.29, 1.82) is 0 Å². The third kappa shape index (κ3) is 5.99. The van der Waals surface area contributed by atoms with E-state index in [0.29, 0.717) is 5.75 Å². The first kappa shape index (κ1) is 32.4. The molecule has 0 bridgehead atoms. The quantitative estimate of drug-likeness (QED) is 0.143. The highest BCUT2D eigenvalue weighted by atomic mass is 16.3. The number of benzene rings is 5. The number of aliphatic hydroxyl groups is 2. The predicted molar refractivity (Wildman–Crippen MR) is 194 cm³/mol. The maximum atomic E-state index is 12.7. The minimum atomic E-state index is -1.11. The van der Waals surface area contributed by atoms with Gasteiger partial charge in [-0.2, -0.15) is 0 Å². The molecule has 2 aliphatic carbocycles. The summed E-state index contributed by atoms with van der Waals surface area (Å²) in [5.41, 5.74) is 4.59. The molecular formula is C45H48O3. The van der Waals surface area contributed by atoms with Crippen molar-refractivity contribution in [2.45, 2.75) is 69.5 Å². The third-order valence-electron chi connectivity index (χ3n) is 11.6. The SMILES string of the molecule is Cc1cc(CC2CCCC2C(O)(c2ccccc2)c2ccccc2)c(O)c(C[C@@H]2CCCC2C(O)(c2ccccc2)c2ccccc2)c1. The molecule has 2 saturated carbocycles. The molecule has 5 aromatic carbocycles. The average molecular weight is 637 g/mol. The van der Waals surface area contributed by atoms with Crippen molar-refractivity contribution in [1.82, 2.24) is 0 Å². The number of phenols is 1. The summed E-state index contributed by atoms with van der Waals surface area (Å²) in [6.07, 6.45) is 7.45. The summed E-state index contributed by atoms with van der Waals surface area (Å²) < 4.78 is 0. The van der Waals surface area contributed by atoms with Crippen LogP contribution < -0.4 is 0 Å². The van der Waals surface area contributed by atoms with Gasteiger partial charge in [0, 0.05) is 0 Å². The third-order valence-corrected chi connectivity index (χ3v) is 11.6. The molecule has 4 atom stereocenters. The van der Waals surface area contributed by atoms with Crippen LogP contribution in [0.1, 0.15) is 77.5 Å². The van der Waals surface area contributed by atoms with Crippen molar-refractivity contribution in [3.05, 3.63) is 172 Å². The lowest BCUT2D eigenvalue weighted by molar-refractivity contribution is -0.00165. The van der Waals surface area contributed by atoms with Gasteiger partial charge in [0.25, 0.3) is 0 Å². The maximum absolute atomic E-state index is 12.7. The van der Waals surface area contributed by atoms with Crippen LogP contribution in [0.5, 0.6) is 5.75 Å². The molecule has 3 heteroatoms. The molecule has 0 heterocycles. The number of phenolic OH excluding ortho intramolecular Hbond substituents is 1. The number of rotatable bonds is 10. The number of aryl methyl sites for hydroxylation is 1. The summed E-state index contributed by atoms with van der Waals surface area (Å²) >= 11 is 0. The van der Waals surface area contributed by atoms with E-state index in [9.17, 15) is 15.3 Å². The lowest BCUT2D eigenvalue weighted by Crippen LogP contribution is -2.39. The number of aromatic hydroxyl groups is 1. The molecule has 0 aliphatic heterocycles. The average Bonchev–Trinajstić information content (AvgIpc) is 3.81. The van der Waals surface area contributed by atoms with E-state index < -0.39 is 11.2 Å². The fourth-order valence-electron chi connectivity index (χ4n) is 9.43. The summed E-state index contributed by atoms with van der Waals surface area (Å²) in [7, 11) is 0. The van der Waals surface area contributed by atoms with Crippen LogP contribution >= 0.6 is 0 Å². The standard InChI is InChI=1S/C45H48O3/c1-32-28-35(30-33-16-14-26-41(33)44(47,37-18-6-2-7-19-37)38-20-8-3-9-21-38)43(46)36(29-32)31-34-17-15-27-42(34)45(48,39-22-10-4-11-23-39)40-24-12-5-13-25-40/h2-13,18-25,28-29,33-34,41-42,46-48H,14-17,26-27,30-31H2,1H3/t33-,34?,41?,42?/m0/s1. The molecular weight excluding hydrogens is 588 g/mol. The molecule has 0 amide bonds. The largest absolute Gasteiger partial charge is 0.507 e. The smallest absolute Gasteiger partial charge is 0.121 e. The predicted octanol–water partition coefficient (Wildman–Crippen LogP) is 9.49. The highest BCUT2D eigenvalue weighted by Gasteiger charge is 2.48. The summed E-state index contributed by atoms with van der Waals surface area (Å²) in [5.74, 6) is 0.879. The van der Waals surface area contributed by atoms with Crippen molar-refractivity contribution >= 4 is 0 Å². The summed E-state index contributed by atoms with van der Waals surface area (Å²) in [6.45, 7) is 2.12. The number of hydrogen-bond acceptors (Lipinski definition) is 3. The normalized spacial score (nSPS) is 21.4. The fourth-order valence-corrected chi connectivity index (χ4v) is 9.43. The van der Waals surface area contributed by atoms with Crippen molar-refractivity contribution in [3.63, 3.8) is 0 Å². The van der Waals surface area contributed by atoms with Crippen LogP contribution in [0.4, 0.5) is 0 Å². The van der Waals surface area contributed by atoms with Crippen molar-refractivity contribution in [2.75, 3.05) is 0 Å². The molecule has 3 N–H and O–H groups in total. The molecule has 48 heavy (non-hydrogen) atoms. The first-order valence-electron chi connectivity index (χ1n) is 17.9. The van der Waals surface area contributed by atoms with Crippen LogP contribution in [0, 0.1) is 30.6 Å². The van der Waals surface area contributed by atoms with Crippen molar-refractivity contribution in [2.24, 2.45) is 23.7 Å². The van der Waals surface area contributed by atoms with Gasteiger partial charge in [-0.1, -0.05) is 152 Å². The lowest BCUT2D eigenvalue weighted by Gasteiger charge is -2.39. The second-order valence-corrected chi connectivity index (χ2v) is 14.4. The van der Waals surface area contributed by atoms with Crippen LogP contribution in [-0.2, 0) is 24.0 Å². The lowest BCUT2D eigenvalue weighted by atomic mass is 9.69. The highest BCUT2D eigenvalue weighted by Crippen LogP contribution is 2.51. The molecule has 2 fully saturated rings. The van der Waals surface area contributed by atoms with Gasteiger partial charge in [-0.3, -0.25) is 0 Å². The second kappa shape index (κ2) is 13.7. The van der Waals surface area contributed by atoms with Crippen LogP contribution in [-0.4, -0.2) is 15.3 Å². The van der Waals surface area contributed by atoms with Gasteiger partial charge in [0.1, 0.15) is 17.0 Å². The van der Waals surface area contributed by atoms with Crippen LogP contribution in [0.25, 0.3) is 0 Å². The minimum absolute atomic E-state index is 0.0247. The van der Waals surface area contributed by atoms with E-state index in [1.165, 1.54) is 0 Å². The molecule has 0 spiro atoms. The highest BCUT2D eigenvalue weighted by molar-refractivity contribution is 5.46. The Morgan fingerprint density at radius 2 is 0.812 bits per heavy atom. The zero-order valence-electron chi connectivity index (χ0n) is 28.0. The number of hydrogen-bond donors (Lipinski definition) is 3. The van der Waals surface area contributed by atoms with Gasteiger partial charge in [-0.05, 0) is 103 Å². The Balaban J connectivity index is 1.19. The zero-order valence-corrected chi connectivity index (χ0v) is 28.0. The molecule has 3 unspecified atom stereocenters. The van der Waals surface area contributed by atoms with E-state index in [-0.39, 0.29) is 23.7 Å². The summed E-state index contributed by atoms with van der Waals surface area (Å²) in [5, 5.41) is 37.3. The molecule has 2 aliphatic rings. The van der Waals surface area contributed by atoms with Gasteiger partial charge in [-0.15, -0.1) is 0 Å². The molecule has 0 aromatic heterocycles. The van der Waals surface area contributed by atoms with E-state index in [0.717, 1.165) is 90.3 Å². The Morgan fingerprint density at radius 1 is 0.500 bits per heavy atom. The molecule has 3 nitrogen and oxygen atoms in total. The molecule has 0 saturated heterocycles. The Kier molecular flexibility index (Phi) is 9.27. The zero-order chi connectivity index (χ0) is 33.1. The van der Waals surface area contributed by atoms with Crippen LogP contribution in [0.3, 0.4) is 0 Å². The minimum Gasteiger partial charge on any atom is -0.507 e. The Morgan fingerprint density at radius 3 is 1.12 bits per heavy atom.